The van der Waals surface area contributed by atoms with E-state index in [1.54, 1.807) is 0 Å². The number of nitrogens with zero attached hydrogens (tertiary/aromatic N) is 1. The molecule has 110 valence electrons. The van der Waals surface area contributed by atoms with Crippen LogP contribution in [0, 0.1) is 0 Å². The molecule has 0 atom stereocenters. The van der Waals surface area contributed by atoms with Crippen molar-refractivity contribution >= 4 is 5.91 Å². The van der Waals surface area contributed by atoms with Gasteiger partial charge in [0.2, 0.25) is 5.91 Å². The number of hydrogen-bond acceptors (Lipinski definition) is 2. The Morgan fingerprint density at radius 2 is 1.59 bits per heavy atom. The first kappa shape index (κ1) is 13.1. The maximum absolute atomic E-state index is 13.1. The van der Waals surface area contributed by atoms with E-state index in [0.717, 1.165) is 35.6 Å². The zero-order valence-corrected chi connectivity index (χ0v) is 12.2. The molecule has 2 aromatic carbocycles. The van der Waals surface area contributed by atoms with Crippen LogP contribution in [0.5, 0.6) is 11.5 Å². The molecule has 22 heavy (non-hydrogen) atoms. The Balaban J connectivity index is 1.80. The lowest BCUT2D eigenvalue weighted by atomic mass is 9.86. The molecule has 3 heteroatoms. The van der Waals surface area contributed by atoms with E-state index < -0.39 is 0 Å². The van der Waals surface area contributed by atoms with Gasteiger partial charge in [0.1, 0.15) is 11.5 Å². The van der Waals surface area contributed by atoms with E-state index in [1.807, 2.05) is 53.4 Å². The summed E-state index contributed by atoms with van der Waals surface area (Å²) in [5, 5.41) is 0. The molecular formula is C19H17NO2. The Morgan fingerprint density at radius 1 is 0.955 bits per heavy atom. The van der Waals surface area contributed by atoms with Crippen LogP contribution < -0.4 is 4.74 Å². The second-order valence-corrected chi connectivity index (χ2v) is 5.66. The second-order valence-electron chi connectivity index (χ2n) is 5.66. The molecule has 0 aromatic heterocycles. The summed E-state index contributed by atoms with van der Waals surface area (Å²) in [4.78, 5) is 15.0. The summed E-state index contributed by atoms with van der Waals surface area (Å²) in [7, 11) is 0. The molecule has 2 aliphatic heterocycles. The van der Waals surface area contributed by atoms with E-state index in [9.17, 15) is 4.79 Å². The maximum Gasteiger partial charge on any atom is 0.235 e. The highest BCUT2D eigenvalue weighted by Crippen LogP contribution is 2.44. The molecule has 0 aliphatic carbocycles. The fourth-order valence-corrected chi connectivity index (χ4v) is 3.20. The van der Waals surface area contributed by atoms with Crippen molar-refractivity contribution in [3.05, 3.63) is 71.8 Å². The normalized spacial score (nSPS) is 16.6. The number of carbonyl (C=O) groups is 1. The average Bonchev–Trinajstić information content (AvgIpc) is 2.60. The molecule has 2 heterocycles. The predicted octanol–water partition coefficient (Wildman–Crippen LogP) is 3.71. The Bertz CT molecular complexity index is 705. The Labute approximate surface area is 129 Å². The summed E-state index contributed by atoms with van der Waals surface area (Å²) in [5.41, 5.74) is 1.92. The minimum absolute atomic E-state index is 0.160. The molecule has 0 bridgehead atoms. The number of ether oxygens (including phenoxy) is 1. The minimum Gasteiger partial charge on any atom is -0.457 e. The van der Waals surface area contributed by atoms with Crippen LogP contribution in [-0.2, 0) is 4.79 Å². The SMILES string of the molecule is O=C(C1c2ccccc2Oc2ccccc21)N1CC=CCC1. The quantitative estimate of drug-likeness (QED) is 0.750. The molecule has 0 saturated heterocycles. The predicted molar refractivity (Wildman–Crippen MR) is 85.1 cm³/mol. The van der Waals surface area contributed by atoms with Gasteiger partial charge >= 0.3 is 0 Å². The number of para-hydroxylation sites is 2. The van der Waals surface area contributed by atoms with Crippen molar-refractivity contribution in [2.45, 2.75) is 12.3 Å². The average molecular weight is 291 g/mol. The first-order valence-electron chi connectivity index (χ1n) is 7.64. The zero-order chi connectivity index (χ0) is 14.9. The number of carbonyl (C=O) groups excluding carboxylic acids is 1. The van der Waals surface area contributed by atoms with Gasteiger partial charge in [-0.3, -0.25) is 4.79 Å². The summed E-state index contributed by atoms with van der Waals surface area (Å²) in [5.74, 6) is 1.46. The van der Waals surface area contributed by atoms with Crippen molar-refractivity contribution in [2.75, 3.05) is 13.1 Å². The zero-order valence-electron chi connectivity index (χ0n) is 12.2. The van der Waals surface area contributed by atoms with E-state index in [1.165, 1.54) is 0 Å². The molecule has 0 saturated carbocycles. The summed E-state index contributed by atoms with van der Waals surface area (Å²) in [6, 6.07) is 15.7. The number of rotatable bonds is 1. The van der Waals surface area contributed by atoms with Crippen LogP contribution in [0.2, 0.25) is 0 Å². The molecule has 4 rings (SSSR count). The van der Waals surface area contributed by atoms with Crippen molar-refractivity contribution in [3.8, 4) is 11.5 Å². The molecule has 0 spiro atoms. The first-order valence-corrected chi connectivity index (χ1v) is 7.64. The van der Waals surface area contributed by atoms with E-state index >= 15 is 0 Å². The highest BCUT2D eigenvalue weighted by atomic mass is 16.5. The van der Waals surface area contributed by atoms with Crippen molar-refractivity contribution in [1.29, 1.82) is 0 Å². The maximum atomic E-state index is 13.1. The highest BCUT2D eigenvalue weighted by Gasteiger charge is 2.34. The monoisotopic (exact) mass is 291 g/mol. The number of amides is 1. The van der Waals surface area contributed by atoms with Crippen molar-refractivity contribution in [2.24, 2.45) is 0 Å². The third-order valence-corrected chi connectivity index (χ3v) is 4.30. The molecular weight excluding hydrogens is 274 g/mol. The lowest BCUT2D eigenvalue weighted by molar-refractivity contribution is -0.131. The third-order valence-electron chi connectivity index (χ3n) is 4.30. The largest absolute Gasteiger partial charge is 0.457 e. The first-order chi connectivity index (χ1) is 10.8. The van der Waals surface area contributed by atoms with Gasteiger partial charge in [-0.05, 0) is 18.6 Å². The highest BCUT2D eigenvalue weighted by molar-refractivity contribution is 5.90. The lowest BCUT2D eigenvalue weighted by Gasteiger charge is -2.32. The van der Waals surface area contributed by atoms with Gasteiger partial charge in [-0.1, -0.05) is 48.6 Å². The Kier molecular flexibility index (Phi) is 3.19. The summed E-state index contributed by atoms with van der Waals surface area (Å²) in [6.45, 7) is 1.48. The van der Waals surface area contributed by atoms with Crippen LogP contribution in [0.4, 0.5) is 0 Å². The Hall–Kier alpha value is -2.55. The van der Waals surface area contributed by atoms with Gasteiger partial charge in [-0.2, -0.15) is 0 Å². The van der Waals surface area contributed by atoms with Crippen LogP contribution in [0.3, 0.4) is 0 Å². The van der Waals surface area contributed by atoms with Crippen molar-refractivity contribution < 1.29 is 9.53 Å². The summed E-state index contributed by atoms with van der Waals surface area (Å²) in [6.07, 6.45) is 5.13. The number of benzene rings is 2. The summed E-state index contributed by atoms with van der Waals surface area (Å²) < 4.78 is 5.96. The number of hydrogen-bond donors (Lipinski definition) is 0. The molecule has 1 amide bonds. The minimum atomic E-state index is -0.271. The molecule has 2 aliphatic rings. The van der Waals surface area contributed by atoms with Crippen LogP contribution >= 0.6 is 0 Å². The van der Waals surface area contributed by atoms with E-state index in [-0.39, 0.29) is 11.8 Å². The standard InChI is InChI=1S/C19H17NO2/c21-19(20-12-6-1-7-13-20)18-14-8-2-4-10-16(14)22-17-11-5-3-9-15(17)18/h1-6,8-11,18H,7,12-13H2. The van der Waals surface area contributed by atoms with Crippen LogP contribution in [0.15, 0.2) is 60.7 Å². The lowest BCUT2D eigenvalue weighted by Crippen LogP contribution is -2.38. The van der Waals surface area contributed by atoms with Gasteiger partial charge in [0.25, 0.3) is 0 Å². The molecule has 0 radical (unpaired) electrons. The molecule has 3 nitrogen and oxygen atoms in total. The van der Waals surface area contributed by atoms with Gasteiger partial charge < -0.3 is 9.64 Å². The van der Waals surface area contributed by atoms with Crippen molar-refractivity contribution in [3.63, 3.8) is 0 Å². The van der Waals surface area contributed by atoms with E-state index in [0.29, 0.717) is 6.54 Å². The molecule has 0 fully saturated rings. The van der Waals surface area contributed by atoms with Gasteiger partial charge in [0.05, 0.1) is 5.92 Å². The second kappa shape index (κ2) is 5.34. The summed E-state index contributed by atoms with van der Waals surface area (Å²) >= 11 is 0. The van der Waals surface area contributed by atoms with Gasteiger partial charge in [0.15, 0.2) is 0 Å². The molecule has 0 N–H and O–H groups in total. The Morgan fingerprint density at radius 3 is 2.18 bits per heavy atom. The van der Waals surface area contributed by atoms with Crippen LogP contribution in [-0.4, -0.2) is 23.9 Å². The molecule has 2 aromatic rings. The smallest absolute Gasteiger partial charge is 0.235 e. The van der Waals surface area contributed by atoms with E-state index in [4.69, 9.17) is 4.74 Å². The fraction of sp³-hybridized carbons (Fsp3) is 0.211. The van der Waals surface area contributed by atoms with E-state index in [2.05, 4.69) is 12.2 Å². The number of fused-ring (bicyclic) bond motifs is 2. The van der Waals surface area contributed by atoms with Gasteiger partial charge in [-0.25, -0.2) is 0 Å². The fourth-order valence-electron chi connectivity index (χ4n) is 3.20. The van der Waals surface area contributed by atoms with Crippen LogP contribution in [0.1, 0.15) is 23.5 Å². The third kappa shape index (κ3) is 2.10. The van der Waals surface area contributed by atoms with Crippen LogP contribution in [0.25, 0.3) is 0 Å². The molecule has 0 unspecified atom stereocenters. The topological polar surface area (TPSA) is 29.5 Å². The van der Waals surface area contributed by atoms with Gasteiger partial charge in [0, 0.05) is 24.2 Å². The van der Waals surface area contributed by atoms with Crippen molar-refractivity contribution in [1.82, 2.24) is 4.90 Å². The van der Waals surface area contributed by atoms with Gasteiger partial charge in [-0.15, -0.1) is 0 Å².